The van der Waals surface area contributed by atoms with Crippen molar-refractivity contribution in [1.29, 1.82) is 0 Å². The van der Waals surface area contributed by atoms with Crippen molar-refractivity contribution < 1.29 is 14.3 Å². The first-order chi connectivity index (χ1) is 18.5. The van der Waals surface area contributed by atoms with E-state index < -0.39 is 0 Å². The van der Waals surface area contributed by atoms with E-state index in [1.807, 2.05) is 60.7 Å². The monoisotopic (exact) mass is 510 g/mol. The van der Waals surface area contributed by atoms with E-state index in [4.69, 9.17) is 4.74 Å². The Morgan fingerprint density at radius 2 is 1.24 bits per heavy atom. The van der Waals surface area contributed by atoms with Crippen molar-refractivity contribution in [3.63, 3.8) is 0 Å². The summed E-state index contributed by atoms with van der Waals surface area (Å²) in [6.45, 7) is 10.7. The summed E-state index contributed by atoms with van der Waals surface area (Å²) in [5, 5.41) is 0. The molecule has 2 aliphatic heterocycles. The van der Waals surface area contributed by atoms with E-state index in [-0.39, 0.29) is 29.3 Å². The number of rotatable bonds is 8. The highest BCUT2D eigenvalue weighted by Gasteiger charge is 2.45. The lowest BCUT2D eigenvalue weighted by Gasteiger charge is -2.44. The summed E-state index contributed by atoms with van der Waals surface area (Å²) >= 11 is 0. The van der Waals surface area contributed by atoms with Gasteiger partial charge in [0.2, 0.25) is 0 Å². The molecule has 0 spiro atoms. The molecule has 198 valence electrons. The van der Waals surface area contributed by atoms with Crippen LogP contribution in [0, 0.1) is 25.7 Å². The summed E-state index contributed by atoms with van der Waals surface area (Å²) in [5.41, 5.74) is 4.92. The Morgan fingerprint density at radius 3 is 1.79 bits per heavy atom. The zero-order valence-corrected chi connectivity index (χ0v) is 22.5. The maximum absolute atomic E-state index is 14.2. The second-order valence-electron chi connectivity index (χ2n) is 10.7. The largest absolute Gasteiger partial charge is 0.379 e. The fourth-order valence-electron chi connectivity index (χ4n) is 6.12. The number of hydrogen-bond acceptors (Lipinski definition) is 5. The SMILES string of the molecule is Cc1cccc(C2[C@@H](C(=O)c3ccccc3)CN(CCN3CCOCC3)C[C@@H]2C(=O)c2ccccc2)c1C. The molecule has 3 aromatic rings. The van der Waals surface area contributed by atoms with Gasteiger partial charge in [-0.3, -0.25) is 14.5 Å². The molecule has 0 N–H and O–H groups in total. The van der Waals surface area contributed by atoms with E-state index in [1.165, 1.54) is 11.1 Å². The van der Waals surface area contributed by atoms with Crippen LogP contribution in [-0.4, -0.2) is 73.8 Å². The minimum Gasteiger partial charge on any atom is -0.379 e. The average Bonchev–Trinajstić information content (AvgIpc) is 2.98. The van der Waals surface area contributed by atoms with Gasteiger partial charge < -0.3 is 9.64 Å². The molecule has 0 unspecified atom stereocenters. The Bertz CT molecular complexity index is 1180. The molecule has 0 saturated carbocycles. The smallest absolute Gasteiger partial charge is 0.167 e. The fraction of sp³-hybridized carbons (Fsp3) is 0.394. The number of aryl methyl sites for hydroxylation is 1. The number of morpholine rings is 1. The Kier molecular flexibility index (Phi) is 8.48. The molecule has 2 atom stereocenters. The lowest BCUT2D eigenvalue weighted by molar-refractivity contribution is 0.0258. The summed E-state index contributed by atoms with van der Waals surface area (Å²) in [7, 11) is 0. The number of likely N-dealkylation sites (tertiary alicyclic amines) is 1. The van der Waals surface area contributed by atoms with Gasteiger partial charge in [-0.25, -0.2) is 0 Å². The molecule has 0 aliphatic carbocycles. The molecule has 5 heteroatoms. The maximum atomic E-state index is 14.2. The minimum atomic E-state index is -0.311. The van der Waals surface area contributed by atoms with Crippen molar-refractivity contribution in [2.45, 2.75) is 19.8 Å². The standard InChI is InChI=1S/C33H38N2O3/c1-24-10-9-15-28(25(24)2)31-29(32(36)26-11-5-3-6-12-26)22-35(17-16-34-18-20-38-21-19-34)23-30(31)33(37)27-13-7-4-8-14-27/h3-15,29-31H,16-23H2,1-2H3/t29-,30-/m0/s1. The molecule has 3 aromatic carbocycles. The number of hydrogen-bond donors (Lipinski definition) is 0. The molecule has 2 heterocycles. The zero-order chi connectivity index (χ0) is 26.5. The number of nitrogens with zero attached hydrogens (tertiary/aromatic N) is 2. The van der Waals surface area contributed by atoms with Crippen LogP contribution in [0.25, 0.3) is 0 Å². The summed E-state index contributed by atoms with van der Waals surface area (Å²) in [6.07, 6.45) is 0. The highest BCUT2D eigenvalue weighted by Crippen LogP contribution is 2.42. The van der Waals surface area contributed by atoms with Gasteiger partial charge in [0.1, 0.15) is 0 Å². The average molecular weight is 511 g/mol. The van der Waals surface area contributed by atoms with Crippen LogP contribution >= 0.6 is 0 Å². The van der Waals surface area contributed by atoms with Crippen LogP contribution in [0.3, 0.4) is 0 Å². The summed E-state index contributed by atoms with van der Waals surface area (Å²) in [6, 6.07) is 25.5. The van der Waals surface area contributed by atoms with Gasteiger partial charge in [0.05, 0.1) is 13.2 Å². The second kappa shape index (κ2) is 12.2. The summed E-state index contributed by atoms with van der Waals surface area (Å²) in [5.74, 6) is -0.560. The van der Waals surface area contributed by atoms with Crippen molar-refractivity contribution in [2.75, 3.05) is 52.5 Å². The molecule has 0 radical (unpaired) electrons. The first-order valence-electron chi connectivity index (χ1n) is 13.8. The van der Waals surface area contributed by atoms with Crippen LogP contribution in [0.5, 0.6) is 0 Å². The molecular weight excluding hydrogens is 472 g/mol. The predicted octanol–water partition coefficient (Wildman–Crippen LogP) is 5.03. The number of carbonyl (C=O) groups is 2. The number of ketones is 2. The van der Waals surface area contributed by atoms with Crippen LogP contribution in [0.2, 0.25) is 0 Å². The number of piperidine rings is 1. The van der Waals surface area contributed by atoms with Gasteiger partial charge in [0, 0.05) is 68.1 Å². The van der Waals surface area contributed by atoms with Crippen LogP contribution < -0.4 is 0 Å². The lowest BCUT2D eigenvalue weighted by Crippen LogP contribution is -2.52. The maximum Gasteiger partial charge on any atom is 0.167 e. The third-order valence-electron chi connectivity index (χ3n) is 8.41. The Balaban J connectivity index is 1.54. The van der Waals surface area contributed by atoms with Gasteiger partial charge in [0.15, 0.2) is 11.6 Å². The molecule has 2 saturated heterocycles. The Morgan fingerprint density at radius 1 is 0.711 bits per heavy atom. The van der Waals surface area contributed by atoms with Crippen molar-refractivity contribution in [2.24, 2.45) is 11.8 Å². The van der Waals surface area contributed by atoms with E-state index in [0.717, 1.165) is 45.0 Å². The van der Waals surface area contributed by atoms with E-state index >= 15 is 0 Å². The van der Waals surface area contributed by atoms with Gasteiger partial charge in [0.25, 0.3) is 0 Å². The number of carbonyl (C=O) groups excluding carboxylic acids is 2. The summed E-state index contributed by atoms with van der Waals surface area (Å²) < 4.78 is 5.53. The third-order valence-corrected chi connectivity index (χ3v) is 8.41. The van der Waals surface area contributed by atoms with Crippen molar-refractivity contribution in [3.8, 4) is 0 Å². The van der Waals surface area contributed by atoms with Gasteiger partial charge >= 0.3 is 0 Å². The molecule has 0 amide bonds. The van der Waals surface area contributed by atoms with Crippen LogP contribution in [0.1, 0.15) is 43.3 Å². The minimum absolute atomic E-state index is 0.124. The molecular formula is C33H38N2O3. The highest BCUT2D eigenvalue weighted by atomic mass is 16.5. The Labute approximate surface area is 226 Å². The van der Waals surface area contributed by atoms with Crippen molar-refractivity contribution >= 4 is 11.6 Å². The topological polar surface area (TPSA) is 49.9 Å². The molecule has 5 nitrogen and oxygen atoms in total. The third kappa shape index (κ3) is 5.80. The second-order valence-corrected chi connectivity index (χ2v) is 10.7. The highest BCUT2D eigenvalue weighted by molar-refractivity contribution is 6.02. The molecule has 0 aromatic heterocycles. The van der Waals surface area contributed by atoms with Crippen LogP contribution in [0.4, 0.5) is 0 Å². The number of Topliss-reactive ketones (excluding diaryl/α,β-unsaturated/α-hetero) is 2. The molecule has 38 heavy (non-hydrogen) atoms. The fourth-order valence-corrected chi connectivity index (χ4v) is 6.12. The molecule has 2 fully saturated rings. The molecule has 5 rings (SSSR count). The first-order valence-corrected chi connectivity index (χ1v) is 13.8. The summed E-state index contributed by atoms with van der Waals surface area (Å²) in [4.78, 5) is 33.1. The quantitative estimate of drug-likeness (QED) is 0.398. The lowest BCUT2D eigenvalue weighted by atomic mass is 9.67. The van der Waals surface area contributed by atoms with E-state index in [1.54, 1.807) is 0 Å². The van der Waals surface area contributed by atoms with Crippen molar-refractivity contribution in [1.82, 2.24) is 9.80 Å². The Hall–Kier alpha value is -3.12. The van der Waals surface area contributed by atoms with E-state index in [2.05, 4.69) is 41.8 Å². The van der Waals surface area contributed by atoms with E-state index in [0.29, 0.717) is 24.2 Å². The zero-order valence-electron chi connectivity index (χ0n) is 22.5. The van der Waals surface area contributed by atoms with Crippen LogP contribution in [-0.2, 0) is 4.74 Å². The van der Waals surface area contributed by atoms with Gasteiger partial charge in [-0.05, 0) is 30.5 Å². The molecule has 0 bridgehead atoms. The van der Waals surface area contributed by atoms with Gasteiger partial charge in [-0.15, -0.1) is 0 Å². The van der Waals surface area contributed by atoms with Crippen LogP contribution in [0.15, 0.2) is 78.9 Å². The molecule has 2 aliphatic rings. The van der Waals surface area contributed by atoms with Crippen molar-refractivity contribution in [3.05, 3.63) is 107 Å². The normalized spacial score (nSPS) is 21.3. The number of ether oxygens (including phenoxy) is 1. The first kappa shape index (κ1) is 26.5. The predicted molar refractivity (Wildman–Crippen MR) is 151 cm³/mol. The van der Waals surface area contributed by atoms with E-state index in [9.17, 15) is 9.59 Å². The van der Waals surface area contributed by atoms with Gasteiger partial charge in [-0.2, -0.15) is 0 Å². The number of benzene rings is 3. The van der Waals surface area contributed by atoms with Gasteiger partial charge in [-0.1, -0.05) is 78.9 Å².